The predicted molar refractivity (Wildman–Crippen MR) is 109 cm³/mol. The van der Waals surface area contributed by atoms with Gasteiger partial charge in [-0.2, -0.15) is 0 Å². The minimum Gasteiger partial charge on any atom is -0.276 e. The fraction of sp³-hybridized carbons (Fsp3) is 0. The minimum absolute atomic E-state index is 0.899. The number of hydrogen-bond acceptors (Lipinski definition) is 2. The topological polar surface area (TPSA) is 30.2 Å². The SMILES string of the molecule is Brc1ccc(-c2nc(-c3ccccc3)c3ccc4cccnc4n23)cc1. The molecule has 3 heterocycles. The second-order valence-electron chi connectivity index (χ2n) is 6.13. The summed E-state index contributed by atoms with van der Waals surface area (Å²) in [5.74, 6) is 0.899. The number of benzene rings is 2. The summed E-state index contributed by atoms with van der Waals surface area (Å²) in [6, 6.07) is 26.8. The Morgan fingerprint density at radius 1 is 0.731 bits per heavy atom. The number of hydrogen-bond donors (Lipinski definition) is 0. The second kappa shape index (κ2) is 6.07. The zero-order chi connectivity index (χ0) is 17.5. The molecular formula is C22H14BrN3. The number of rotatable bonds is 2. The maximum absolute atomic E-state index is 5.02. The molecule has 3 aromatic heterocycles. The van der Waals surface area contributed by atoms with Crippen molar-refractivity contribution in [3.63, 3.8) is 0 Å². The van der Waals surface area contributed by atoms with E-state index in [0.29, 0.717) is 0 Å². The summed E-state index contributed by atoms with van der Waals surface area (Å²) in [4.78, 5) is 9.65. The molecule has 0 atom stereocenters. The van der Waals surface area contributed by atoms with Crippen LogP contribution >= 0.6 is 15.9 Å². The lowest BCUT2D eigenvalue weighted by molar-refractivity contribution is 1.17. The van der Waals surface area contributed by atoms with Gasteiger partial charge in [0.15, 0.2) is 0 Å². The minimum atomic E-state index is 0.899. The molecule has 0 bridgehead atoms. The standard InChI is InChI=1S/C22H14BrN3/c23-18-11-8-17(9-12-18)22-25-20(15-5-2-1-3-6-15)19-13-10-16-7-4-14-24-21(16)26(19)22/h1-14H. The van der Waals surface area contributed by atoms with Crippen LogP contribution in [0.5, 0.6) is 0 Å². The lowest BCUT2D eigenvalue weighted by Crippen LogP contribution is -1.94. The highest BCUT2D eigenvalue weighted by molar-refractivity contribution is 9.10. The summed E-state index contributed by atoms with van der Waals surface area (Å²) >= 11 is 3.51. The Hall–Kier alpha value is -2.98. The first-order valence-corrected chi connectivity index (χ1v) is 9.18. The van der Waals surface area contributed by atoms with Gasteiger partial charge in [0.2, 0.25) is 0 Å². The molecule has 0 aliphatic rings. The van der Waals surface area contributed by atoms with Crippen molar-refractivity contribution in [2.75, 3.05) is 0 Å². The quantitative estimate of drug-likeness (QED) is 0.365. The van der Waals surface area contributed by atoms with E-state index in [0.717, 1.165) is 43.7 Å². The van der Waals surface area contributed by atoms with E-state index in [1.54, 1.807) is 0 Å². The maximum atomic E-state index is 5.02. The van der Waals surface area contributed by atoms with E-state index in [1.165, 1.54) is 0 Å². The van der Waals surface area contributed by atoms with E-state index in [2.05, 4.69) is 67.8 Å². The van der Waals surface area contributed by atoms with Crippen molar-refractivity contribution in [2.45, 2.75) is 0 Å². The smallest absolute Gasteiger partial charge is 0.146 e. The van der Waals surface area contributed by atoms with Crippen molar-refractivity contribution >= 4 is 32.5 Å². The van der Waals surface area contributed by atoms with Crippen LogP contribution in [0.4, 0.5) is 0 Å². The van der Waals surface area contributed by atoms with Gasteiger partial charge in [-0.05, 0) is 36.4 Å². The molecule has 0 N–H and O–H groups in total. The molecule has 0 unspecified atom stereocenters. The lowest BCUT2D eigenvalue weighted by atomic mass is 10.1. The summed E-state index contributed by atoms with van der Waals surface area (Å²) in [5.41, 5.74) is 5.10. The van der Waals surface area contributed by atoms with Crippen LogP contribution in [0, 0.1) is 0 Å². The number of aromatic nitrogens is 3. The van der Waals surface area contributed by atoms with Crippen LogP contribution in [0.25, 0.3) is 39.2 Å². The van der Waals surface area contributed by atoms with Gasteiger partial charge in [0, 0.05) is 27.2 Å². The highest BCUT2D eigenvalue weighted by atomic mass is 79.9. The van der Waals surface area contributed by atoms with Crippen LogP contribution in [-0.4, -0.2) is 14.4 Å². The Balaban J connectivity index is 1.91. The normalized spacial score (nSPS) is 11.3. The monoisotopic (exact) mass is 399 g/mol. The number of halogens is 1. The lowest BCUT2D eigenvalue weighted by Gasteiger charge is -2.05. The van der Waals surface area contributed by atoms with E-state index >= 15 is 0 Å². The first-order valence-electron chi connectivity index (χ1n) is 8.39. The van der Waals surface area contributed by atoms with E-state index < -0.39 is 0 Å². The fourth-order valence-electron chi connectivity index (χ4n) is 3.30. The Labute approximate surface area is 159 Å². The van der Waals surface area contributed by atoms with Crippen molar-refractivity contribution in [2.24, 2.45) is 0 Å². The Bertz CT molecular complexity index is 1230. The number of fused-ring (bicyclic) bond motifs is 3. The van der Waals surface area contributed by atoms with E-state index in [1.807, 2.05) is 42.6 Å². The highest BCUT2D eigenvalue weighted by Crippen LogP contribution is 2.32. The first-order chi connectivity index (χ1) is 12.8. The molecule has 5 rings (SSSR count). The van der Waals surface area contributed by atoms with Gasteiger partial charge < -0.3 is 0 Å². The molecule has 26 heavy (non-hydrogen) atoms. The summed E-state index contributed by atoms with van der Waals surface area (Å²) in [6.07, 6.45) is 1.83. The third-order valence-corrected chi connectivity index (χ3v) is 5.04. The molecule has 0 aliphatic heterocycles. The molecule has 4 heteroatoms. The molecule has 0 fully saturated rings. The van der Waals surface area contributed by atoms with Gasteiger partial charge in [-0.25, -0.2) is 9.97 Å². The largest absolute Gasteiger partial charge is 0.276 e. The molecule has 124 valence electrons. The van der Waals surface area contributed by atoms with E-state index in [9.17, 15) is 0 Å². The Kier molecular flexibility index (Phi) is 3.57. The van der Waals surface area contributed by atoms with Crippen molar-refractivity contribution in [3.05, 3.63) is 89.5 Å². The van der Waals surface area contributed by atoms with Crippen molar-refractivity contribution < 1.29 is 0 Å². The van der Waals surface area contributed by atoms with Gasteiger partial charge in [0.25, 0.3) is 0 Å². The third-order valence-electron chi connectivity index (χ3n) is 4.51. The van der Waals surface area contributed by atoms with Crippen molar-refractivity contribution in [3.8, 4) is 22.6 Å². The van der Waals surface area contributed by atoms with Crippen molar-refractivity contribution in [1.82, 2.24) is 14.4 Å². The van der Waals surface area contributed by atoms with E-state index in [-0.39, 0.29) is 0 Å². The Morgan fingerprint density at radius 2 is 1.54 bits per heavy atom. The second-order valence-corrected chi connectivity index (χ2v) is 7.04. The predicted octanol–water partition coefficient (Wildman–Crippen LogP) is 5.98. The van der Waals surface area contributed by atoms with Crippen LogP contribution in [0.15, 0.2) is 89.5 Å². The maximum Gasteiger partial charge on any atom is 0.146 e. The first kappa shape index (κ1) is 15.3. The van der Waals surface area contributed by atoms with Crippen LogP contribution in [0.2, 0.25) is 0 Å². The molecule has 0 amide bonds. The van der Waals surface area contributed by atoms with Gasteiger partial charge >= 0.3 is 0 Å². The van der Waals surface area contributed by atoms with Crippen LogP contribution in [0.1, 0.15) is 0 Å². The summed E-state index contributed by atoms with van der Waals surface area (Å²) in [5, 5.41) is 1.09. The highest BCUT2D eigenvalue weighted by Gasteiger charge is 2.16. The average molecular weight is 400 g/mol. The number of nitrogens with zero attached hydrogens (tertiary/aromatic N) is 3. The van der Waals surface area contributed by atoms with Gasteiger partial charge in [-0.1, -0.05) is 58.4 Å². The molecule has 0 aliphatic carbocycles. The number of imidazole rings is 1. The molecular weight excluding hydrogens is 386 g/mol. The Morgan fingerprint density at radius 3 is 2.35 bits per heavy atom. The third kappa shape index (κ3) is 2.42. The fourth-order valence-corrected chi connectivity index (χ4v) is 3.56. The molecule has 0 saturated carbocycles. The van der Waals surface area contributed by atoms with E-state index in [4.69, 9.17) is 4.98 Å². The van der Waals surface area contributed by atoms with Crippen LogP contribution in [0.3, 0.4) is 0 Å². The summed E-state index contributed by atoms with van der Waals surface area (Å²) < 4.78 is 3.20. The molecule has 0 radical (unpaired) electrons. The zero-order valence-electron chi connectivity index (χ0n) is 13.8. The molecule has 2 aromatic carbocycles. The summed E-state index contributed by atoms with van der Waals surface area (Å²) in [6.45, 7) is 0. The average Bonchev–Trinajstić information content (AvgIpc) is 3.09. The van der Waals surface area contributed by atoms with Gasteiger partial charge in [0.05, 0.1) is 11.2 Å². The van der Waals surface area contributed by atoms with Gasteiger partial charge in [-0.15, -0.1) is 0 Å². The van der Waals surface area contributed by atoms with Crippen LogP contribution < -0.4 is 0 Å². The molecule has 0 spiro atoms. The molecule has 3 nitrogen and oxygen atoms in total. The molecule has 5 aromatic rings. The van der Waals surface area contributed by atoms with Gasteiger partial charge in [0.1, 0.15) is 11.5 Å². The van der Waals surface area contributed by atoms with Crippen molar-refractivity contribution in [1.29, 1.82) is 0 Å². The summed E-state index contributed by atoms with van der Waals surface area (Å²) in [7, 11) is 0. The number of pyridine rings is 2. The zero-order valence-corrected chi connectivity index (χ0v) is 15.4. The van der Waals surface area contributed by atoms with Crippen LogP contribution in [-0.2, 0) is 0 Å². The molecule has 0 saturated heterocycles. The van der Waals surface area contributed by atoms with Gasteiger partial charge in [-0.3, -0.25) is 4.40 Å².